The first kappa shape index (κ1) is 35.4. The molecule has 0 aromatic heterocycles. The highest BCUT2D eigenvalue weighted by Crippen LogP contribution is 2.07. The normalized spacial score (nSPS) is 12.1. The maximum atomic E-state index is 13.1. The van der Waals surface area contributed by atoms with Gasteiger partial charge in [0.1, 0.15) is 6.04 Å². The molecule has 0 bridgehead atoms. The predicted molar refractivity (Wildman–Crippen MR) is 141 cm³/mol. The lowest BCUT2D eigenvalue weighted by molar-refractivity contribution is -0.143. The minimum atomic E-state index is -1.29. The summed E-state index contributed by atoms with van der Waals surface area (Å²) < 4.78 is 5.69. The molecule has 7 N–H and O–H groups in total. The van der Waals surface area contributed by atoms with Crippen LogP contribution in [0.25, 0.3) is 0 Å². The van der Waals surface area contributed by atoms with Gasteiger partial charge in [0.05, 0.1) is 58.6 Å². The number of carboxylic acids is 4. The molecule has 0 radical (unpaired) electrons. The van der Waals surface area contributed by atoms with Crippen LogP contribution >= 0.6 is 0 Å². The van der Waals surface area contributed by atoms with Gasteiger partial charge < -0.3 is 40.7 Å². The third-order valence-electron chi connectivity index (χ3n) is 5.77. The topological polar surface area (TPSA) is 238 Å². The van der Waals surface area contributed by atoms with Crippen molar-refractivity contribution >= 4 is 29.8 Å². The second-order valence-electron chi connectivity index (χ2n) is 9.12. The van der Waals surface area contributed by atoms with Crippen molar-refractivity contribution in [3.05, 3.63) is 35.9 Å². The largest absolute Gasteiger partial charge is 0.480 e. The predicted octanol–water partition coefficient (Wildman–Crippen LogP) is -2.71. The molecule has 1 aromatic rings. The molecule has 0 saturated heterocycles. The molecule has 230 valence electrons. The van der Waals surface area contributed by atoms with Gasteiger partial charge in [-0.1, -0.05) is 30.3 Å². The Morgan fingerprint density at radius 1 is 0.707 bits per heavy atom. The van der Waals surface area contributed by atoms with Crippen LogP contribution in [-0.2, 0) is 35.3 Å². The number of amides is 1. The monoisotopic (exact) mass is 586 g/mol. The number of hydrogen-bond acceptors (Lipinski definition) is 11. The van der Waals surface area contributed by atoms with Crippen LogP contribution in [0.5, 0.6) is 0 Å². The van der Waals surface area contributed by atoms with Gasteiger partial charge in [-0.2, -0.15) is 0 Å². The summed E-state index contributed by atoms with van der Waals surface area (Å²) >= 11 is 0. The Balaban J connectivity index is 3.08. The quantitative estimate of drug-likeness (QED) is 0.0690. The van der Waals surface area contributed by atoms with Gasteiger partial charge in [-0.15, -0.1) is 0 Å². The van der Waals surface area contributed by atoms with E-state index in [1.807, 2.05) is 6.07 Å². The summed E-state index contributed by atoms with van der Waals surface area (Å²) in [5.74, 6) is -5.78. The van der Waals surface area contributed by atoms with Gasteiger partial charge in [-0.05, 0) is 5.56 Å². The summed E-state index contributed by atoms with van der Waals surface area (Å²) in [6, 6.07) is 6.75. The Hall–Kier alpha value is -3.67. The van der Waals surface area contributed by atoms with Crippen molar-refractivity contribution in [3.63, 3.8) is 0 Å². The number of carboxylic acid groups (broad SMARTS) is 4. The highest BCUT2D eigenvalue weighted by molar-refractivity contribution is 5.83. The highest BCUT2D eigenvalue weighted by atomic mass is 16.5. The lowest BCUT2D eigenvalue weighted by Gasteiger charge is -2.32. The minimum absolute atomic E-state index is 0.0633. The molecule has 1 rings (SSSR count). The van der Waals surface area contributed by atoms with Crippen LogP contribution in [-0.4, -0.2) is 159 Å². The highest BCUT2D eigenvalue weighted by Gasteiger charge is 2.30. The van der Waals surface area contributed by atoms with E-state index >= 15 is 0 Å². The zero-order valence-corrected chi connectivity index (χ0v) is 22.5. The Bertz CT molecular complexity index is 961. The van der Waals surface area contributed by atoms with Crippen LogP contribution in [0.1, 0.15) is 5.56 Å². The van der Waals surface area contributed by atoms with Gasteiger partial charge in [0.25, 0.3) is 0 Å². The van der Waals surface area contributed by atoms with Gasteiger partial charge >= 0.3 is 23.9 Å². The minimum Gasteiger partial charge on any atom is -0.480 e. The number of carbonyl (C=O) groups excluding carboxylic acids is 1. The van der Waals surface area contributed by atoms with E-state index in [0.29, 0.717) is 0 Å². The van der Waals surface area contributed by atoms with E-state index in [9.17, 15) is 44.4 Å². The molecular weight excluding hydrogens is 548 g/mol. The average Bonchev–Trinajstić information content (AvgIpc) is 2.89. The summed E-state index contributed by atoms with van der Waals surface area (Å²) in [6.45, 7) is -4.06. The fourth-order valence-electron chi connectivity index (χ4n) is 3.79. The van der Waals surface area contributed by atoms with Crippen molar-refractivity contribution in [1.29, 1.82) is 0 Å². The van der Waals surface area contributed by atoms with Crippen molar-refractivity contribution < 1.29 is 59.3 Å². The zero-order valence-electron chi connectivity index (χ0n) is 22.5. The molecule has 41 heavy (non-hydrogen) atoms. The van der Waals surface area contributed by atoms with E-state index in [2.05, 4.69) is 5.32 Å². The summed E-state index contributed by atoms with van der Waals surface area (Å²) in [5.41, 5.74) is 0.792. The Morgan fingerprint density at radius 2 is 1.20 bits per heavy atom. The molecule has 1 aromatic carbocycles. The van der Waals surface area contributed by atoms with Crippen molar-refractivity contribution in [2.24, 2.45) is 0 Å². The maximum Gasteiger partial charge on any atom is 0.317 e. The number of carbonyl (C=O) groups is 5. The number of nitrogens with zero attached hydrogens (tertiary/aromatic N) is 3. The number of aliphatic hydroxyl groups excluding tert-OH is 2. The third-order valence-corrected chi connectivity index (χ3v) is 5.77. The molecule has 0 unspecified atom stereocenters. The molecule has 1 atom stereocenters. The second kappa shape index (κ2) is 19.4. The number of nitrogens with one attached hydrogen (secondary N) is 1. The van der Waals surface area contributed by atoms with Crippen molar-refractivity contribution in [2.45, 2.75) is 18.7 Å². The van der Waals surface area contributed by atoms with Crippen molar-refractivity contribution in [2.75, 3.05) is 72.2 Å². The fraction of sp³-hybridized carbons (Fsp3) is 0.560. The van der Waals surface area contributed by atoms with Crippen molar-refractivity contribution in [1.82, 2.24) is 20.0 Å². The van der Waals surface area contributed by atoms with E-state index in [-0.39, 0.29) is 39.4 Å². The average molecular weight is 587 g/mol. The molecule has 0 aliphatic heterocycles. The van der Waals surface area contributed by atoms with E-state index in [1.54, 1.807) is 24.3 Å². The molecule has 0 heterocycles. The molecule has 1 amide bonds. The van der Waals surface area contributed by atoms with Crippen LogP contribution in [0.15, 0.2) is 30.3 Å². The third kappa shape index (κ3) is 15.6. The molecular formula is C25H38N4O12. The second-order valence-corrected chi connectivity index (χ2v) is 9.12. The standard InChI is InChI=1S/C25H38N4O12/c30-14-19(15-31)26-25(40)20(17-41-16-18-4-2-1-3-5-18)29(13-24(38)39)9-8-27(10-21(32)33)6-7-28(11-22(34)35)12-23(36)37/h1-5,19-20,30-31H,6-17H2,(H,26,40)(H,32,33)(H,34,35)(H,36,37)(H,38,39)/t20-/m0/s1. The Morgan fingerprint density at radius 3 is 1.71 bits per heavy atom. The first-order valence-corrected chi connectivity index (χ1v) is 12.6. The van der Waals surface area contributed by atoms with Gasteiger partial charge in [0, 0.05) is 26.2 Å². The summed E-state index contributed by atoms with van der Waals surface area (Å²) in [5, 5.41) is 58.2. The number of aliphatic carboxylic acids is 4. The Kier molecular flexibility index (Phi) is 16.7. The lowest BCUT2D eigenvalue weighted by atomic mass is 10.2. The number of ether oxygens (including phenoxy) is 1. The van der Waals surface area contributed by atoms with Crippen LogP contribution in [0, 0.1) is 0 Å². The smallest absolute Gasteiger partial charge is 0.317 e. The molecule has 16 heteroatoms. The maximum absolute atomic E-state index is 13.1. The molecule has 0 aliphatic carbocycles. The molecule has 16 nitrogen and oxygen atoms in total. The summed E-state index contributed by atoms with van der Waals surface area (Å²) in [6.07, 6.45) is 0. The molecule has 0 saturated carbocycles. The van der Waals surface area contributed by atoms with Gasteiger partial charge in [0.2, 0.25) is 5.91 Å². The van der Waals surface area contributed by atoms with Crippen molar-refractivity contribution in [3.8, 4) is 0 Å². The van der Waals surface area contributed by atoms with Crippen LogP contribution < -0.4 is 5.32 Å². The van der Waals surface area contributed by atoms with Crippen LogP contribution in [0.4, 0.5) is 0 Å². The molecule has 0 aliphatic rings. The lowest BCUT2D eigenvalue weighted by Crippen LogP contribution is -2.56. The van der Waals surface area contributed by atoms with Gasteiger partial charge in [-0.3, -0.25) is 38.7 Å². The van der Waals surface area contributed by atoms with E-state index in [4.69, 9.17) is 14.9 Å². The first-order chi connectivity index (χ1) is 19.4. The molecule has 0 spiro atoms. The SMILES string of the molecule is O=C(O)CN(CCN(CC(=O)O)CC(=O)O)CCN(CC(=O)O)[C@@H](COCc1ccccc1)C(=O)NC(CO)CO. The summed E-state index contributed by atoms with van der Waals surface area (Å²) in [4.78, 5) is 62.1. The zero-order chi connectivity index (χ0) is 30.8. The number of aliphatic hydroxyl groups is 2. The first-order valence-electron chi connectivity index (χ1n) is 12.6. The van der Waals surface area contributed by atoms with E-state index < -0.39 is 81.3 Å². The van der Waals surface area contributed by atoms with Crippen LogP contribution in [0.3, 0.4) is 0 Å². The summed E-state index contributed by atoms with van der Waals surface area (Å²) in [7, 11) is 0. The van der Waals surface area contributed by atoms with E-state index in [1.165, 1.54) is 9.80 Å². The van der Waals surface area contributed by atoms with Crippen LogP contribution in [0.2, 0.25) is 0 Å². The van der Waals surface area contributed by atoms with Gasteiger partial charge in [-0.25, -0.2) is 0 Å². The van der Waals surface area contributed by atoms with E-state index in [0.717, 1.165) is 10.5 Å². The number of benzene rings is 1. The number of rotatable bonds is 23. The number of hydrogen-bond donors (Lipinski definition) is 7. The Labute approximate surface area is 236 Å². The molecule has 0 fully saturated rings. The van der Waals surface area contributed by atoms with Gasteiger partial charge in [0.15, 0.2) is 0 Å². The fourth-order valence-corrected chi connectivity index (χ4v) is 3.79.